The van der Waals surface area contributed by atoms with Gasteiger partial charge in [0, 0.05) is 6.42 Å². The standard InChI is InChI=1S/C22H25N3O3S/c1-4-14(2)15-9-11-16(12-10-15)23-22-25-21(27)19(29-22)13-20(26)24-17-7-5-6-8-18(17)28-3/h5-12,14,19H,4,13H2,1-3H3,(H,24,26)(H,23,25,27)/t14-,19+/m1/s1. The molecule has 1 aliphatic heterocycles. The van der Waals surface area contributed by atoms with Crippen molar-refractivity contribution in [1.29, 1.82) is 0 Å². The summed E-state index contributed by atoms with van der Waals surface area (Å²) in [7, 11) is 1.55. The minimum absolute atomic E-state index is 0.0561. The summed E-state index contributed by atoms with van der Waals surface area (Å²) in [6.45, 7) is 4.35. The highest BCUT2D eigenvalue weighted by Crippen LogP contribution is 2.28. The van der Waals surface area contributed by atoms with E-state index in [0.29, 0.717) is 22.5 Å². The molecule has 1 fully saturated rings. The number of carbonyl (C=O) groups excluding carboxylic acids is 2. The van der Waals surface area contributed by atoms with Gasteiger partial charge < -0.3 is 15.4 Å². The second kappa shape index (κ2) is 9.60. The second-order valence-electron chi connectivity index (χ2n) is 6.87. The number of thioether (sulfide) groups is 1. The summed E-state index contributed by atoms with van der Waals surface area (Å²) in [5.41, 5.74) is 2.63. The number of hydrogen-bond acceptors (Lipinski definition) is 5. The van der Waals surface area contributed by atoms with E-state index in [0.717, 1.165) is 12.1 Å². The number of nitrogens with one attached hydrogen (secondary N) is 2. The maximum Gasteiger partial charge on any atom is 0.240 e. The Morgan fingerprint density at radius 1 is 1.24 bits per heavy atom. The topological polar surface area (TPSA) is 79.8 Å². The van der Waals surface area contributed by atoms with Crippen LogP contribution in [0.4, 0.5) is 11.4 Å². The van der Waals surface area contributed by atoms with Gasteiger partial charge in [-0.05, 0) is 42.2 Å². The molecule has 2 aromatic carbocycles. The van der Waals surface area contributed by atoms with Crippen molar-refractivity contribution in [3.05, 3.63) is 54.1 Å². The molecule has 1 aliphatic rings. The van der Waals surface area contributed by atoms with Gasteiger partial charge in [0.05, 0.1) is 18.5 Å². The molecule has 0 unspecified atom stereocenters. The molecule has 0 aliphatic carbocycles. The van der Waals surface area contributed by atoms with E-state index in [-0.39, 0.29) is 18.2 Å². The first-order chi connectivity index (χ1) is 14.0. The number of benzene rings is 2. The Hall–Kier alpha value is -2.80. The van der Waals surface area contributed by atoms with Gasteiger partial charge >= 0.3 is 0 Å². The lowest BCUT2D eigenvalue weighted by atomic mass is 9.99. The number of ether oxygens (including phenoxy) is 1. The average molecular weight is 412 g/mol. The van der Waals surface area contributed by atoms with Crippen LogP contribution in [0.15, 0.2) is 53.5 Å². The van der Waals surface area contributed by atoms with Gasteiger partial charge in [-0.25, -0.2) is 4.99 Å². The minimum Gasteiger partial charge on any atom is -0.495 e. The minimum atomic E-state index is -0.511. The third kappa shape index (κ3) is 5.38. The quantitative estimate of drug-likeness (QED) is 0.705. The Kier molecular flexibility index (Phi) is 6.93. The molecule has 0 aromatic heterocycles. The van der Waals surface area contributed by atoms with Crippen molar-refractivity contribution in [2.24, 2.45) is 4.99 Å². The molecule has 3 rings (SSSR count). The Bertz CT molecular complexity index is 912. The summed E-state index contributed by atoms with van der Waals surface area (Å²) in [6, 6.07) is 15.2. The molecule has 2 atom stereocenters. The summed E-state index contributed by atoms with van der Waals surface area (Å²) < 4.78 is 5.23. The number of para-hydroxylation sites is 2. The SMILES string of the molecule is CC[C@@H](C)c1ccc(N=C2NC(=O)[C@H](CC(=O)Nc3ccccc3OC)S2)cc1. The molecule has 7 heteroatoms. The molecule has 2 amide bonds. The molecule has 0 saturated carbocycles. The van der Waals surface area contributed by atoms with Crippen LogP contribution < -0.4 is 15.4 Å². The van der Waals surface area contributed by atoms with E-state index in [9.17, 15) is 9.59 Å². The van der Waals surface area contributed by atoms with Crippen molar-refractivity contribution in [2.45, 2.75) is 37.9 Å². The summed E-state index contributed by atoms with van der Waals surface area (Å²) in [5.74, 6) is 0.623. The second-order valence-corrected chi connectivity index (χ2v) is 8.06. The number of methoxy groups -OCH3 is 1. The van der Waals surface area contributed by atoms with Gasteiger partial charge in [-0.2, -0.15) is 0 Å². The monoisotopic (exact) mass is 411 g/mol. The average Bonchev–Trinajstić information content (AvgIpc) is 3.06. The lowest BCUT2D eigenvalue weighted by Gasteiger charge is -2.10. The summed E-state index contributed by atoms with van der Waals surface area (Å²) >= 11 is 1.27. The Labute approximate surface area is 175 Å². The molecular formula is C22H25N3O3S. The van der Waals surface area contributed by atoms with E-state index >= 15 is 0 Å². The van der Waals surface area contributed by atoms with E-state index < -0.39 is 5.25 Å². The number of anilines is 1. The zero-order valence-electron chi connectivity index (χ0n) is 16.8. The summed E-state index contributed by atoms with van der Waals surface area (Å²) in [4.78, 5) is 29.1. The third-order valence-corrected chi connectivity index (χ3v) is 5.92. The molecule has 1 saturated heterocycles. The number of rotatable bonds is 7. The van der Waals surface area contributed by atoms with Crippen LogP contribution in [0.3, 0.4) is 0 Å². The van der Waals surface area contributed by atoms with Gasteiger partial charge in [-0.1, -0.05) is 49.9 Å². The van der Waals surface area contributed by atoms with Crippen LogP contribution in [0.25, 0.3) is 0 Å². The number of carbonyl (C=O) groups is 2. The maximum atomic E-state index is 12.4. The van der Waals surface area contributed by atoms with Crippen LogP contribution in [0.1, 0.15) is 38.2 Å². The number of nitrogens with zero attached hydrogens (tertiary/aromatic N) is 1. The predicted octanol–water partition coefficient (Wildman–Crippen LogP) is 4.46. The lowest BCUT2D eigenvalue weighted by molar-refractivity contribution is -0.122. The Balaban J connectivity index is 1.61. The van der Waals surface area contributed by atoms with Gasteiger partial charge in [-0.15, -0.1) is 0 Å². The zero-order chi connectivity index (χ0) is 20.8. The number of hydrogen-bond donors (Lipinski definition) is 2. The first-order valence-corrected chi connectivity index (χ1v) is 10.5. The van der Waals surface area contributed by atoms with Gasteiger partial charge in [0.1, 0.15) is 11.0 Å². The fraction of sp³-hybridized carbons (Fsp3) is 0.318. The summed E-state index contributed by atoms with van der Waals surface area (Å²) in [5, 5.41) is 5.56. The van der Waals surface area contributed by atoms with Gasteiger partial charge in [0.2, 0.25) is 11.8 Å². The third-order valence-electron chi connectivity index (χ3n) is 4.83. The molecule has 2 N–H and O–H groups in total. The molecule has 29 heavy (non-hydrogen) atoms. The Morgan fingerprint density at radius 2 is 1.97 bits per heavy atom. The first kappa shape index (κ1) is 20.9. The van der Waals surface area contributed by atoms with Crippen LogP contribution in [0.5, 0.6) is 5.75 Å². The van der Waals surface area contributed by atoms with Gasteiger partial charge in [0.25, 0.3) is 0 Å². The molecule has 0 spiro atoms. The van der Waals surface area contributed by atoms with Crippen LogP contribution in [-0.4, -0.2) is 29.3 Å². The van der Waals surface area contributed by atoms with E-state index in [1.54, 1.807) is 19.2 Å². The van der Waals surface area contributed by atoms with Crippen molar-refractivity contribution in [3.8, 4) is 5.75 Å². The highest BCUT2D eigenvalue weighted by molar-refractivity contribution is 8.15. The van der Waals surface area contributed by atoms with E-state index in [2.05, 4.69) is 41.6 Å². The van der Waals surface area contributed by atoms with Crippen LogP contribution >= 0.6 is 11.8 Å². The van der Waals surface area contributed by atoms with Crippen LogP contribution in [0, 0.1) is 0 Å². The predicted molar refractivity (Wildman–Crippen MR) is 118 cm³/mol. The highest BCUT2D eigenvalue weighted by atomic mass is 32.2. The molecule has 1 heterocycles. The number of aliphatic imine (C=N–C) groups is 1. The van der Waals surface area contributed by atoms with E-state index in [1.807, 2.05) is 24.3 Å². The Morgan fingerprint density at radius 3 is 2.66 bits per heavy atom. The fourth-order valence-corrected chi connectivity index (χ4v) is 3.93. The molecule has 6 nitrogen and oxygen atoms in total. The van der Waals surface area contributed by atoms with Crippen molar-refractivity contribution in [3.63, 3.8) is 0 Å². The van der Waals surface area contributed by atoms with Crippen LogP contribution in [-0.2, 0) is 9.59 Å². The van der Waals surface area contributed by atoms with Crippen molar-refractivity contribution in [1.82, 2.24) is 5.32 Å². The van der Waals surface area contributed by atoms with Gasteiger partial charge in [-0.3, -0.25) is 9.59 Å². The largest absolute Gasteiger partial charge is 0.495 e. The molecule has 152 valence electrons. The van der Waals surface area contributed by atoms with E-state index in [1.165, 1.54) is 17.3 Å². The van der Waals surface area contributed by atoms with Crippen molar-refractivity contribution < 1.29 is 14.3 Å². The van der Waals surface area contributed by atoms with Crippen LogP contribution in [0.2, 0.25) is 0 Å². The van der Waals surface area contributed by atoms with Crippen molar-refractivity contribution in [2.75, 3.05) is 12.4 Å². The number of amidine groups is 1. The molecule has 0 radical (unpaired) electrons. The van der Waals surface area contributed by atoms with Crippen molar-refractivity contribution >= 4 is 40.1 Å². The highest BCUT2D eigenvalue weighted by Gasteiger charge is 2.32. The number of amides is 2. The molecular weight excluding hydrogens is 386 g/mol. The van der Waals surface area contributed by atoms with Gasteiger partial charge in [0.15, 0.2) is 5.17 Å². The lowest BCUT2D eigenvalue weighted by Crippen LogP contribution is -2.28. The maximum absolute atomic E-state index is 12.4. The summed E-state index contributed by atoms with van der Waals surface area (Å²) in [6.07, 6.45) is 1.14. The first-order valence-electron chi connectivity index (χ1n) is 9.59. The smallest absolute Gasteiger partial charge is 0.240 e. The van der Waals surface area contributed by atoms with E-state index in [4.69, 9.17) is 4.74 Å². The zero-order valence-corrected chi connectivity index (χ0v) is 17.6. The normalized spacial score (nSPS) is 18.4. The molecule has 2 aromatic rings. The molecule has 0 bridgehead atoms. The fourth-order valence-electron chi connectivity index (χ4n) is 2.94.